The van der Waals surface area contributed by atoms with Crippen LogP contribution >= 0.6 is 11.5 Å². The Kier molecular flexibility index (Phi) is 4.87. The number of hydrogen-bond donors (Lipinski definition) is 2. The fourth-order valence-electron chi connectivity index (χ4n) is 2.04. The van der Waals surface area contributed by atoms with E-state index in [1.165, 1.54) is 22.0 Å². The van der Waals surface area contributed by atoms with Crippen LogP contribution in [0.3, 0.4) is 0 Å². The monoisotopic (exact) mass is 290 g/mol. The van der Waals surface area contributed by atoms with Gasteiger partial charge in [0.05, 0.1) is 12.1 Å². The molecule has 1 aromatic heterocycles. The largest absolute Gasteiger partial charge is 0.481 e. The van der Waals surface area contributed by atoms with E-state index in [4.69, 9.17) is 5.11 Å². The normalized spacial score (nSPS) is 10.7. The second kappa shape index (κ2) is 6.63. The molecule has 0 saturated heterocycles. The molecule has 5 heteroatoms. The molecule has 0 unspecified atom stereocenters. The van der Waals surface area contributed by atoms with Gasteiger partial charge < -0.3 is 10.4 Å². The standard InChI is InChI=1S/C15H18N2O2S/c1-10-14(11(2)20-17-10)9-16-8-13-5-3-12(4-6-13)7-15(18)19/h3-6,16H,7-9H2,1-2H3,(H,18,19). The summed E-state index contributed by atoms with van der Waals surface area (Å²) in [6, 6.07) is 7.68. The van der Waals surface area contributed by atoms with Gasteiger partial charge in [-0.05, 0) is 36.5 Å². The number of nitrogens with zero attached hydrogens (tertiary/aromatic N) is 1. The van der Waals surface area contributed by atoms with E-state index >= 15 is 0 Å². The van der Waals surface area contributed by atoms with Gasteiger partial charge in [-0.2, -0.15) is 4.37 Å². The summed E-state index contributed by atoms with van der Waals surface area (Å²) in [7, 11) is 0. The van der Waals surface area contributed by atoms with E-state index in [9.17, 15) is 4.79 Å². The first-order valence-corrected chi connectivity index (χ1v) is 7.25. The van der Waals surface area contributed by atoms with Gasteiger partial charge in [0, 0.05) is 23.5 Å². The summed E-state index contributed by atoms with van der Waals surface area (Å²) in [6.45, 7) is 5.69. The van der Waals surface area contributed by atoms with E-state index in [1.54, 1.807) is 0 Å². The van der Waals surface area contributed by atoms with Crippen molar-refractivity contribution in [1.29, 1.82) is 0 Å². The first kappa shape index (κ1) is 14.7. The lowest BCUT2D eigenvalue weighted by molar-refractivity contribution is -0.136. The van der Waals surface area contributed by atoms with Crippen LogP contribution in [0.1, 0.15) is 27.3 Å². The maximum atomic E-state index is 10.6. The highest BCUT2D eigenvalue weighted by Gasteiger charge is 2.06. The number of carboxylic acid groups (broad SMARTS) is 1. The van der Waals surface area contributed by atoms with Gasteiger partial charge in [-0.25, -0.2) is 0 Å². The Labute approximate surface area is 122 Å². The fraction of sp³-hybridized carbons (Fsp3) is 0.333. The van der Waals surface area contributed by atoms with Crippen molar-refractivity contribution in [1.82, 2.24) is 9.69 Å². The number of aromatic nitrogens is 1. The average molecular weight is 290 g/mol. The maximum absolute atomic E-state index is 10.6. The van der Waals surface area contributed by atoms with Crippen LogP contribution in [0.25, 0.3) is 0 Å². The first-order valence-electron chi connectivity index (χ1n) is 6.48. The highest BCUT2D eigenvalue weighted by atomic mass is 32.1. The summed E-state index contributed by atoms with van der Waals surface area (Å²) < 4.78 is 4.33. The molecule has 0 amide bonds. The minimum absolute atomic E-state index is 0.0761. The molecule has 4 nitrogen and oxygen atoms in total. The molecule has 0 aliphatic carbocycles. The van der Waals surface area contributed by atoms with Gasteiger partial charge in [-0.15, -0.1) is 0 Å². The number of rotatable bonds is 6. The quantitative estimate of drug-likeness (QED) is 0.858. The van der Waals surface area contributed by atoms with Crippen LogP contribution in [0.4, 0.5) is 0 Å². The summed E-state index contributed by atoms with van der Waals surface area (Å²) in [4.78, 5) is 11.9. The van der Waals surface area contributed by atoms with Gasteiger partial charge in [-0.3, -0.25) is 4.79 Å². The molecule has 20 heavy (non-hydrogen) atoms. The van der Waals surface area contributed by atoms with Crippen molar-refractivity contribution in [2.24, 2.45) is 0 Å². The molecule has 0 spiro atoms. The molecule has 2 aromatic rings. The van der Waals surface area contributed by atoms with Crippen molar-refractivity contribution in [2.75, 3.05) is 0 Å². The van der Waals surface area contributed by atoms with Crippen molar-refractivity contribution in [2.45, 2.75) is 33.4 Å². The van der Waals surface area contributed by atoms with E-state index in [1.807, 2.05) is 31.2 Å². The van der Waals surface area contributed by atoms with Crippen molar-refractivity contribution in [3.05, 3.63) is 51.5 Å². The molecule has 0 saturated carbocycles. The van der Waals surface area contributed by atoms with Crippen molar-refractivity contribution in [3.63, 3.8) is 0 Å². The zero-order chi connectivity index (χ0) is 14.5. The Balaban J connectivity index is 1.87. The molecule has 0 fully saturated rings. The molecule has 1 heterocycles. The Morgan fingerprint density at radius 2 is 1.85 bits per heavy atom. The lowest BCUT2D eigenvalue weighted by Gasteiger charge is -2.06. The van der Waals surface area contributed by atoms with Crippen LogP contribution < -0.4 is 5.32 Å². The smallest absolute Gasteiger partial charge is 0.307 e. The Bertz CT molecular complexity index is 571. The molecule has 2 rings (SSSR count). The van der Waals surface area contributed by atoms with E-state index in [2.05, 4.69) is 16.6 Å². The second-order valence-corrected chi connectivity index (χ2v) is 5.77. The molecule has 0 aliphatic heterocycles. The highest BCUT2D eigenvalue weighted by Crippen LogP contribution is 2.16. The Morgan fingerprint density at radius 1 is 1.20 bits per heavy atom. The van der Waals surface area contributed by atoms with Crippen LogP contribution in [-0.4, -0.2) is 15.4 Å². The van der Waals surface area contributed by atoms with Gasteiger partial charge in [0.1, 0.15) is 0 Å². The van der Waals surface area contributed by atoms with E-state index in [-0.39, 0.29) is 6.42 Å². The number of aliphatic carboxylic acids is 1. The van der Waals surface area contributed by atoms with E-state index in [0.717, 1.165) is 29.9 Å². The molecule has 0 bridgehead atoms. The third kappa shape index (κ3) is 3.88. The molecule has 0 atom stereocenters. The first-order chi connectivity index (χ1) is 9.56. The zero-order valence-electron chi connectivity index (χ0n) is 11.6. The molecule has 0 radical (unpaired) electrons. The molecule has 2 N–H and O–H groups in total. The predicted octanol–water partition coefficient (Wildman–Crippen LogP) is 2.68. The minimum Gasteiger partial charge on any atom is -0.481 e. The SMILES string of the molecule is Cc1nsc(C)c1CNCc1ccc(CC(=O)O)cc1. The molecule has 1 aromatic carbocycles. The summed E-state index contributed by atoms with van der Waals surface area (Å²) >= 11 is 1.54. The van der Waals surface area contributed by atoms with Gasteiger partial charge >= 0.3 is 5.97 Å². The summed E-state index contributed by atoms with van der Waals surface area (Å²) in [6.07, 6.45) is 0.0761. The summed E-state index contributed by atoms with van der Waals surface area (Å²) in [5, 5.41) is 12.1. The van der Waals surface area contributed by atoms with E-state index in [0.29, 0.717) is 0 Å². The molecule has 0 aliphatic rings. The van der Waals surface area contributed by atoms with Crippen molar-refractivity contribution >= 4 is 17.5 Å². The van der Waals surface area contributed by atoms with Crippen LogP contribution in [0, 0.1) is 13.8 Å². The van der Waals surface area contributed by atoms with Crippen LogP contribution in [-0.2, 0) is 24.3 Å². The lowest BCUT2D eigenvalue weighted by atomic mass is 10.1. The summed E-state index contributed by atoms with van der Waals surface area (Å²) in [5.74, 6) is -0.799. The topological polar surface area (TPSA) is 62.2 Å². The number of aryl methyl sites for hydroxylation is 2. The Morgan fingerprint density at radius 3 is 2.40 bits per heavy atom. The third-order valence-electron chi connectivity index (χ3n) is 3.19. The van der Waals surface area contributed by atoms with Crippen LogP contribution in [0.5, 0.6) is 0 Å². The third-order valence-corrected chi connectivity index (χ3v) is 4.08. The average Bonchev–Trinajstić information content (AvgIpc) is 2.72. The van der Waals surface area contributed by atoms with Crippen LogP contribution in [0.15, 0.2) is 24.3 Å². The number of hydrogen-bond acceptors (Lipinski definition) is 4. The number of carboxylic acids is 1. The summed E-state index contributed by atoms with van der Waals surface area (Å²) in [5.41, 5.74) is 4.35. The minimum atomic E-state index is -0.799. The number of carbonyl (C=O) groups is 1. The Hall–Kier alpha value is -1.72. The fourth-order valence-corrected chi connectivity index (χ4v) is 2.75. The number of benzene rings is 1. The van der Waals surface area contributed by atoms with Gasteiger partial charge in [-0.1, -0.05) is 24.3 Å². The van der Waals surface area contributed by atoms with Gasteiger partial charge in [0.2, 0.25) is 0 Å². The molecular formula is C15H18N2O2S. The van der Waals surface area contributed by atoms with Crippen LogP contribution in [0.2, 0.25) is 0 Å². The zero-order valence-corrected chi connectivity index (χ0v) is 12.5. The highest BCUT2D eigenvalue weighted by molar-refractivity contribution is 7.05. The predicted molar refractivity (Wildman–Crippen MR) is 79.9 cm³/mol. The van der Waals surface area contributed by atoms with Gasteiger partial charge in [0.25, 0.3) is 0 Å². The van der Waals surface area contributed by atoms with Crippen molar-refractivity contribution in [3.8, 4) is 0 Å². The number of nitrogens with one attached hydrogen (secondary N) is 1. The second-order valence-electron chi connectivity index (χ2n) is 4.79. The molecular weight excluding hydrogens is 272 g/mol. The van der Waals surface area contributed by atoms with E-state index < -0.39 is 5.97 Å². The van der Waals surface area contributed by atoms with Gasteiger partial charge in [0.15, 0.2) is 0 Å². The molecule has 106 valence electrons. The van der Waals surface area contributed by atoms with Crippen molar-refractivity contribution < 1.29 is 9.90 Å². The maximum Gasteiger partial charge on any atom is 0.307 e. The lowest BCUT2D eigenvalue weighted by Crippen LogP contribution is -2.13.